The molecular formula is C16H29NO4. The van der Waals surface area contributed by atoms with Gasteiger partial charge >= 0.3 is 12.1 Å². The summed E-state index contributed by atoms with van der Waals surface area (Å²) in [6.07, 6.45) is 1.75. The lowest BCUT2D eigenvalue weighted by molar-refractivity contribution is -0.137. The third-order valence-corrected chi connectivity index (χ3v) is 2.52. The van der Waals surface area contributed by atoms with E-state index in [9.17, 15) is 9.59 Å². The molecule has 0 aromatic heterocycles. The Labute approximate surface area is 128 Å². The molecule has 1 N–H and O–H groups in total. The summed E-state index contributed by atoms with van der Waals surface area (Å²) in [5.41, 5.74) is 0.238. The maximum atomic E-state index is 11.6. The van der Waals surface area contributed by atoms with Gasteiger partial charge in [0.2, 0.25) is 0 Å². The number of carbonyl (C=O) groups excluding carboxylic acids is 2. The molecule has 5 nitrogen and oxygen atoms in total. The van der Waals surface area contributed by atoms with Gasteiger partial charge in [-0.05, 0) is 46.5 Å². The van der Waals surface area contributed by atoms with Gasteiger partial charge < -0.3 is 14.8 Å². The summed E-state index contributed by atoms with van der Waals surface area (Å²) < 4.78 is 10.1. The number of alkyl carbamates (subject to hydrolysis) is 1. The molecule has 0 atom stereocenters. The first kappa shape index (κ1) is 19.5. The van der Waals surface area contributed by atoms with Crippen molar-refractivity contribution in [1.29, 1.82) is 0 Å². The first-order chi connectivity index (χ1) is 9.45. The van der Waals surface area contributed by atoms with Crippen molar-refractivity contribution in [3.63, 3.8) is 0 Å². The summed E-state index contributed by atoms with van der Waals surface area (Å²) in [5.74, 6) is -0.328. The fourth-order valence-corrected chi connectivity index (χ4v) is 1.88. The van der Waals surface area contributed by atoms with E-state index in [2.05, 4.69) is 5.32 Å². The van der Waals surface area contributed by atoms with Crippen molar-refractivity contribution in [1.82, 2.24) is 5.32 Å². The normalized spacial score (nSPS) is 12.8. The Balaban J connectivity index is 4.37. The maximum absolute atomic E-state index is 11.6. The molecule has 0 saturated heterocycles. The van der Waals surface area contributed by atoms with Crippen LogP contribution in [0.25, 0.3) is 0 Å². The number of amides is 1. The molecule has 0 heterocycles. The Bertz CT molecular complexity index is 392. The number of rotatable bonds is 6. The van der Waals surface area contributed by atoms with E-state index in [0.717, 1.165) is 5.57 Å². The first-order valence-corrected chi connectivity index (χ1v) is 7.26. The summed E-state index contributed by atoms with van der Waals surface area (Å²) in [6.45, 7) is 14.0. The van der Waals surface area contributed by atoms with Crippen LogP contribution in [0.1, 0.15) is 54.9 Å². The Morgan fingerprint density at radius 3 is 2.19 bits per heavy atom. The highest BCUT2D eigenvalue weighted by atomic mass is 16.6. The maximum Gasteiger partial charge on any atom is 0.407 e. The third-order valence-electron chi connectivity index (χ3n) is 2.52. The van der Waals surface area contributed by atoms with Gasteiger partial charge in [-0.25, -0.2) is 9.59 Å². The lowest BCUT2D eigenvalue weighted by Gasteiger charge is -2.27. The van der Waals surface area contributed by atoms with Crippen molar-refractivity contribution in [2.24, 2.45) is 5.41 Å². The second kappa shape index (κ2) is 8.05. The molecule has 0 unspecified atom stereocenters. The minimum atomic E-state index is -0.506. The molecule has 0 rings (SSSR count). The molecule has 0 aliphatic rings. The number of nitrogens with one attached hydrogen (secondary N) is 1. The highest BCUT2D eigenvalue weighted by Gasteiger charge is 2.22. The van der Waals surface area contributed by atoms with Crippen LogP contribution in [-0.4, -0.2) is 30.8 Å². The van der Waals surface area contributed by atoms with Crippen molar-refractivity contribution in [3.8, 4) is 0 Å². The van der Waals surface area contributed by atoms with E-state index in [-0.39, 0.29) is 11.4 Å². The van der Waals surface area contributed by atoms with E-state index >= 15 is 0 Å². The molecule has 0 fully saturated rings. The lowest BCUT2D eigenvalue weighted by Crippen LogP contribution is -2.38. The van der Waals surface area contributed by atoms with Gasteiger partial charge in [-0.1, -0.05) is 19.4 Å². The molecule has 0 aliphatic carbocycles. The van der Waals surface area contributed by atoms with Gasteiger partial charge in [-0.3, -0.25) is 0 Å². The standard InChI is InChI=1S/C16H29NO4/c1-8-20-13(18)9-12(2)10-16(6,7)11-17-14(19)21-15(3,4)5/h9H,8,10-11H2,1-7H3,(H,17,19)/b12-9+. The Kier molecular flexibility index (Phi) is 7.47. The van der Waals surface area contributed by atoms with Gasteiger partial charge in [0.05, 0.1) is 6.61 Å². The number of allylic oxidation sites excluding steroid dienone is 1. The van der Waals surface area contributed by atoms with E-state index in [1.54, 1.807) is 6.92 Å². The van der Waals surface area contributed by atoms with E-state index < -0.39 is 11.7 Å². The van der Waals surface area contributed by atoms with Crippen molar-refractivity contribution in [2.45, 2.75) is 60.5 Å². The molecule has 0 radical (unpaired) electrons. The van der Waals surface area contributed by atoms with Gasteiger partial charge in [0, 0.05) is 12.6 Å². The molecule has 1 amide bonds. The predicted octanol–water partition coefficient (Wildman–Crippen LogP) is 3.44. The minimum Gasteiger partial charge on any atom is -0.463 e. The zero-order valence-corrected chi connectivity index (χ0v) is 14.3. The highest BCUT2D eigenvalue weighted by molar-refractivity contribution is 5.82. The van der Waals surface area contributed by atoms with E-state index in [1.807, 2.05) is 41.5 Å². The van der Waals surface area contributed by atoms with Crippen LogP contribution in [0.4, 0.5) is 4.79 Å². The molecule has 0 spiro atoms. The number of carbonyl (C=O) groups is 2. The Morgan fingerprint density at radius 1 is 1.14 bits per heavy atom. The average molecular weight is 299 g/mol. The summed E-state index contributed by atoms with van der Waals surface area (Å²) in [6, 6.07) is 0. The molecule has 122 valence electrons. The minimum absolute atomic E-state index is 0.177. The lowest BCUT2D eigenvalue weighted by atomic mass is 9.86. The van der Waals surface area contributed by atoms with Crippen molar-refractivity contribution < 1.29 is 19.1 Å². The fraction of sp³-hybridized carbons (Fsp3) is 0.750. The average Bonchev–Trinajstić information content (AvgIpc) is 2.23. The summed E-state index contributed by atoms with van der Waals surface area (Å²) in [4.78, 5) is 23.0. The zero-order valence-electron chi connectivity index (χ0n) is 14.3. The van der Waals surface area contributed by atoms with Crippen LogP contribution >= 0.6 is 0 Å². The number of hydrogen-bond acceptors (Lipinski definition) is 4. The van der Waals surface area contributed by atoms with E-state index in [1.165, 1.54) is 6.08 Å². The van der Waals surface area contributed by atoms with Crippen LogP contribution in [0.3, 0.4) is 0 Å². The van der Waals surface area contributed by atoms with Gasteiger partial charge in [0.1, 0.15) is 5.60 Å². The fourth-order valence-electron chi connectivity index (χ4n) is 1.88. The molecule has 0 saturated carbocycles. The molecule has 21 heavy (non-hydrogen) atoms. The van der Waals surface area contributed by atoms with Gasteiger partial charge in [-0.2, -0.15) is 0 Å². The van der Waals surface area contributed by atoms with E-state index in [4.69, 9.17) is 9.47 Å². The van der Waals surface area contributed by atoms with Crippen LogP contribution in [0.2, 0.25) is 0 Å². The first-order valence-electron chi connectivity index (χ1n) is 7.26. The summed E-state index contributed by atoms with van der Waals surface area (Å²) >= 11 is 0. The quantitative estimate of drug-likeness (QED) is 0.603. The van der Waals surface area contributed by atoms with Crippen LogP contribution in [-0.2, 0) is 14.3 Å². The predicted molar refractivity (Wildman–Crippen MR) is 83.0 cm³/mol. The Hall–Kier alpha value is -1.52. The number of hydrogen-bond donors (Lipinski definition) is 1. The van der Waals surface area contributed by atoms with Crippen molar-refractivity contribution in [2.75, 3.05) is 13.2 Å². The molecular weight excluding hydrogens is 270 g/mol. The Morgan fingerprint density at radius 2 is 1.71 bits per heavy atom. The molecule has 0 bridgehead atoms. The molecule has 0 aromatic carbocycles. The third kappa shape index (κ3) is 10.9. The van der Waals surface area contributed by atoms with Gasteiger partial charge in [0.15, 0.2) is 0 Å². The van der Waals surface area contributed by atoms with Crippen LogP contribution in [0.15, 0.2) is 11.6 Å². The molecule has 5 heteroatoms. The van der Waals surface area contributed by atoms with E-state index in [0.29, 0.717) is 19.6 Å². The summed E-state index contributed by atoms with van der Waals surface area (Å²) in [7, 11) is 0. The number of esters is 1. The van der Waals surface area contributed by atoms with Gasteiger partial charge in [0.25, 0.3) is 0 Å². The van der Waals surface area contributed by atoms with Crippen molar-refractivity contribution >= 4 is 12.1 Å². The molecule has 0 aromatic rings. The smallest absolute Gasteiger partial charge is 0.407 e. The second-order valence-electron chi connectivity index (χ2n) is 6.94. The zero-order chi connectivity index (χ0) is 16.7. The van der Waals surface area contributed by atoms with Crippen LogP contribution in [0.5, 0.6) is 0 Å². The largest absolute Gasteiger partial charge is 0.463 e. The SMILES string of the molecule is CCOC(=O)/C=C(\C)CC(C)(C)CNC(=O)OC(C)(C)C. The topological polar surface area (TPSA) is 64.6 Å². The van der Waals surface area contributed by atoms with Crippen molar-refractivity contribution in [3.05, 3.63) is 11.6 Å². The second-order valence-corrected chi connectivity index (χ2v) is 6.94. The van der Waals surface area contributed by atoms with Crippen LogP contribution < -0.4 is 5.32 Å². The number of ether oxygens (including phenoxy) is 2. The van der Waals surface area contributed by atoms with Gasteiger partial charge in [-0.15, -0.1) is 0 Å². The van der Waals surface area contributed by atoms with Crippen LogP contribution in [0, 0.1) is 5.41 Å². The summed E-state index contributed by atoms with van der Waals surface area (Å²) in [5, 5.41) is 2.76. The monoisotopic (exact) mass is 299 g/mol. The highest BCUT2D eigenvalue weighted by Crippen LogP contribution is 2.24. The molecule has 0 aliphatic heterocycles.